The zero-order valence-electron chi connectivity index (χ0n) is 16.5. The predicted molar refractivity (Wildman–Crippen MR) is 110 cm³/mol. The van der Waals surface area contributed by atoms with Crippen LogP contribution in [0.4, 0.5) is 0 Å². The topological polar surface area (TPSA) is 0 Å². The van der Waals surface area contributed by atoms with E-state index < -0.39 is 0 Å². The fraction of sp³-hybridized carbons (Fsp3) is 0.500. The van der Waals surface area contributed by atoms with Crippen LogP contribution in [-0.2, 0) is 6.42 Å². The molecule has 24 heavy (non-hydrogen) atoms. The third kappa shape index (κ3) is 9.55. The molecule has 0 atom stereocenters. The van der Waals surface area contributed by atoms with Gasteiger partial charge in [-0.05, 0) is 78.2 Å². The van der Waals surface area contributed by atoms with Gasteiger partial charge in [-0.3, -0.25) is 0 Å². The molecular weight excluding hydrogens is 288 g/mol. The van der Waals surface area contributed by atoms with Crippen LogP contribution < -0.4 is 0 Å². The Labute approximate surface area is 150 Å². The molecule has 0 saturated carbocycles. The van der Waals surface area contributed by atoms with Gasteiger partial charge in [0.15, 0.2) is 0 Å². The molecule has 0 aliphatic heterocycles. The molecule has 0 heterocycles. The Kier molecular flexibility index (Phi) is 10.2. The summed E-state index contributed by atoms with van der Waals surface area (Å²) in [5, 5.41) is 0. The van der Waals surface area contributed by atoms with Gasteiger partial charge in [0, 0.05) is 0 Å². The van der Waals surface area contributed by atoms with Gasteiger partial charge in [-0.2, -0.15) is 0 Å². The van der Waals surface area contributed by atoms with Gasteiger partial charge in [-0.15, -0.1) is 0 Å². The quantitative estimate of drug-likeness (QED) is 0.386. The van der Waals surface area contributed by atoms with E-state index in [1.54, 1.807) is 0 Å². The van der Waals surface area contributed by atoms with Gasteiger partial charge in [0.1, 0.15) is 0 Å². The average molecular weight is 325 g/mol. The molecule has 0 saturated heterocycles. The van der Waals surface area contributed by atoms with E-state index >= 15 is 0 Å². The van der Waals surface area contributed by atoms with E-state index in [1.807, 2.05) is 0 Å². The first kappa shape index (κ1) is 20.5. The summed E-state index contributed by atoms with van der Waals surface area (Å²) < 4.78 is 0. The van der Waals surface area contributed by atoms with E-state index in [9.17, 15) is 0 Å². The fourth-order valence-corrected chi connectivity index (χ4v) is 2.68. The maximum absolute atomic E-state index is 2.42. The zero-order chi connectivity index (χ0) is 17.8. The smallest absolute Gasteiger partial charge is 0.0244 e. The van der Waals surface area contributed by atoms with E-state index in [0.29, 0.717) is 0 Å². The molecule has 0 nitrogen and oxygen atoms in total. The summed E-state index contributed by atoms with van der Waals surface area (Å²) in [7, 11) is 0. The molecule has 0 N–H and O–H groups in total. The fourth-order valence-electron chi connectivity index (χ4n) is 2.68. The van der Waals surface area contributed by atoms with Crippen molar-refractivity contribution in [2.24, 2.45) is 0 Å². The minimum atomic E-state index is 1.15. The Morgan fingerprint density at radius 3 is 1.79 bits per heavy atom. The van der Waals surface area contributed by atoms with Crippen LogP contribution >= 0.6 is 0 Å². The Morgan fingerprint density at radius 2 is 1.25 bits per heavy atom. The molecule has 0 aliphatic rings. The van der Waals surface area contributed by atoms with Crippen LogP contribution in [0, 0.1) is 6.92 Å². The van der Waals surface area contributed by atoms with E-state index in [4.69, 9.17) is 0 Å². The molecule has 0 bridgehead atoms. The highest BCUT2D eigenvalue weighted by Gasteiger charge is 1.94. The number of rotatable bonds is 10. The van der Waals surface area contributed by atoms with Gasteiger partial charge in [0.25, 0.3) is 0 Å². The molecule has 0 radical (unpaired) electrons. The molecule has 0 aromatic heterocycles. The zero-order valence-corrected chi connectivity index (χ0v) is 16.5. The Hall–Kier alpha value is -1.56. The number of hydrogen-bond acceptors (Lipinski definition) is 0. The van der Waals surface area contributed by atoms with Gasteiger partial charge in [-0.1, -0.05) is 71.7 Å². The van der Waals surface area contributed by atoms with E-state index in [0.717, 1.165) is 12.8 Å². The predicted octanol–water partition coefficient (Wildman–Crippen LogP) is 7.74. The van der Waals surface area contributed by atoms with Crippen LogP contribution in [0.1, 0.15) is 77.3 Å². The number of hydrogen-bond donors (Lipinski definition) is 0. The Balaban J connectivity index is 2.25. The van der Waals surface area contributed by atoms with Gasteiger partial charge in [0.2, 0.25) is 0 Å². The van der Waals surface area contributed by atoms with Crippen molar-refractivity contribution in [1.29, 1.82) is 0 Å². The molecule has 0 amide bonds. The molecule has 1 rings (SSSR count). The summed E-state index contributed by atoms with van der Waals surface area (Å²) in [5.74, 6) is 0. The monoisotopic (exact) mass is 324 g/mol. The molecular formula is C24H36. The van der Waals surface area contributed by atoms with Crippen LogP contribution in [-0.4, -0.2) is 0 Å². The van der Waals surface area contributed by atoms with Gasteiger partial charge >= 0.3 is 0 Å². The highest BCUT2D eigenvalue weighted by atomic mass is 14.0. The minimum absolute atomic E-state index is 1.15. The number of aryl methyl sites for hydroxylation is 2. The van der Waals surface area contributed by atoms with Crippen molar-refractivity contribution in [2.75, 3.05) is 0 Å². The molecule has 0 fully saturated rings. The van der Waals surface area contributed by atoms with Gasteiger partial charge in [-0.25, -0.2) is 0 Å². The lowest BCUT2D eigenvalue weighted by Crippen LogP contribution is -1.85. The van der Waals surface area contributed by atoms with Crippen molar-refractivity contribution in [3.05, 3.63) is 70.3 Å². The number of allylic oxidation sites excluding steroid dienone is 6. The first-order valence-corrected chi connectivity index (χ1v) is 9.53. The van der Waals surface area contributed by atoms with Crippen molar-refractivity contribution in [3.8, 4) is 0 Å². The van der Waals surface area contributed by atoms with Gasteiger partial charge < -0.3 is 0 Å². The summed E-state index contributed by atoms with van der Waals surface area (Å²) in [5.41, 5.74) is 7.34. The summed E-state index contributed by atoms with van der Waals surface area (Å²) in [4.78, 5) is 0. The van der Waals surface area contributed by atoms with Crippen LogP contribution in [0.2, 0.25) is 0 Å². The van der Waals surface area contributed by atoms with Crippen LogP contribution in [0.15, 0.2) is 59.2 Å². The molecule has 1 aromatic carbocycles. The maximum atomic E-state index is 2.42. The Morgan fingerprint density at radius 1 is 0.750 bits per heavy atom. The van der Waals surface area contributed by atoms with Crippen LogP contribution in [0.25, 0.3) is 0 Å². The molecule has 0 spiro atoms. The summed E-state index contributed by atoms with van der Waals surface area (Å²) >= 11 is 0. The molecule has 0 aliphatic carbocycles. The average Bonchev–Trinajstić information content (AvgIpc) is 2.56. The summed E-state index contributed by atoms with van der Waals surface area (Å²) in [6.45, 7) is 11.1. The first-order valence-electron chi connectivity index (χ1n) is 9.53. The SMILES string of the molecule is CC/C(C)=C/CC/C(C)=C/CC/C(C)=C/CCc1ccc(C)cc1. The third-order valence-electron chi connectivity index (χ3n) is 4.67. The third-order valence-corrected chi connectivity index (χ3v) is 4.67. The normalized spacial score (nSPS) is 13.5. The van der Waals surface area contributed by atoms with Crippen molar-refractivity contribution >= 4 is 0 Å². The summed E-state index contributed by atoms with van der Waals surface area (Å²) in [6.07, 6.45) is 15.4. The maximum Gasteiger partial charge on any atom is -0.0244 e. The lowest BCUT2D eigenvalue weighted by Gasteiger charge is -2.03. The van der Waals surface area contributed by atoms with E-state index in [-0.39, 0.29) is 0 Å². The second kappa shape index (κ2) is 11.9. The lowest BCUT2D eigenvalue weighted by atomic mass is 10.0. The van der Waals surface area contributed by atoms with E-state index in [1.165, 1.54) is 60.0 Å². The van der Waals surface area contributed by atoms with Crippen molar-refractivity contribution in [1.82, 2.24) is 0 Å². The highest BCUT2D eigenvalue weighted by molar-refractivity contribution is 5.21. The highest BCUT2D eigenvalue weighted by Crippen LogP contribution is 2.13. The number of benzene rings is 1. The second-order valence-corrected chi connectivity index (χ2v) is 7.11. The molecule has 1 aromatic rings. The van der Waals surface area contributed by atoms with Crippen LogP contribution in [0.5, 0.6) is 0 Å². The van der Waals surface area contributed by atoms with Crippen LogP contribution in [0.3, 0.4) is 0 Å². The first-order chi connectivity index (χ1) is 11.5. The second-order valence-electron chi connectivity index (χ2n) is 7.11. The largest absolute Gasteiger partial charge is 0.0853 e. The van der Waals surface area contributed by atoms with Crippen molar-refractivity contribution < 1.29 is 0 Å². The van der Waals surface area contributed by atoms with Gasteiger partial charge in [0.05, 0.1) is 0 Å². The minimum Gasteiger partial charge on any atom is -0.0853 e. The molecule has 132 valence electrons. The van der Waals surface area contributed by atoms with E-state index in [2.05, 4.69) is 77.1 Å². The van der Waals surface area contributed by atoms with Crippen molar-refractivity contribution in [3.63, 3.8) is 0 Å². The lowest BCUT2D eigenvalue weighted by molar-refractivity contribution is 0.900. The summed E-state index contributed by atoms with van der Waals surface area (Å²) in [6, 6.07) is 8.91. The molecule has 0 unspecified atom stereocenters. The Bertz CT molecular complexity index is 552. The van der Waals surface area contributed by atoms with Crippen molar-refractivity contribution in [2.45, 2.75) is 79.6 Å². The molecule has 0 heteroatoms. The standard InChI is InChI=1S/C24H36/c1-6-20(2)10-7-11-21(3)12-8-13-22(4)14-9-15-24-18-16-23(5)17-19-24/h10,12,14,16-19H,6-9,11,13,15H2,1-5H3/b20-10+,21-12+,22-14+.